The van der Waals surface area contributed by atoms with Crippen LogP contribution in [0.1, 0.15) is 278 Å². The van der Waals surface area contributed by atoms with Gasteiger partial charge in [-0.3, -0.25) is 18.6 Å². The van der Waals surface area contributed by atoms with E-state index in [1.165, 1.54) is 116 Å². The van der Waals surface area contributed by atoms with Crippen LogP contribution < -0.4 is 5.32 Å². The van der Waals surface area contributed by atoms with Crippen molar-refractivity contribution in [2.45, 2.75) is 290 Å². The first-order valence-corrected chi connectivity index (χ1v) is 34.7. The lowest BCUT2D eigenvalue weighted by molar-refractivity contribution is -0.870. The molecule has 0 aromatic heterocycles. The standard InChI is InChI=1S/C71H125N2O7P/c1-7-10-13-16-19-22-25-27-29-31-33-35-36-38-40-42-44-46-49-52-55-58-61-64-71(75)80-69(62-59-56-53-50-47-24-21-18-15-12-9-3)68(67-79-81(76,77)78-66-65-73(4,5)6)72-70(74)63-60-57-54-51-48-45-43-41-39-37-34-32-30-28-26-23-20-17-14-11-8-2/h19-20,22-23,27-30,33-35,37-38,40-41,43,59,62,68-69H,7-18,21,24-26,31-32,36,39,42,44-58,60-61,63-67H2,1-6H3,(H-,72,74,76,77)/p+1/b22-19-,23-20-,29-27-,30-28-,35-33-,37-34-,40-38-,43-41-,62-59+. The summed E-state index contributed by atoms with van der Waals surface area (Å²) in [6, 6.07) is -0.870. The molecule has 3 unspecified atom stereocenters. The molecule has 1 amide bonds. The van der Waals surface area contributed by atoms with Crippen LogP contribution in [-0.4, -0.2) is 74.3 Å². The summed E-state index contributed by atoms with van der Waals surface area (Å²) in [7, 11) is 1.46. The number of phosphoric acid groups is 1. The number of nitrogens with zero attached hydrogens (tertiary/aromatic N) is 1. The molecular formula is C71H126N2O7P+. The number of carbonyl (C=O) groups excluding carboxylic acids is 2. The normalized spacial score (nSPS) is 14.3. The lowest BCUT2D eigenvalue weighted by Gasteiger charge is -2.27. The monoisotopic (exact) mass is 1150 g/mol. The van der Waals surface area contributed by atoms with Gasteiger partial charge in [0.15, 0.2) is 0 Å². The molecule has 0 heterocycles. The molecule has 0 aromatic carbocycles. The van der Waals surface area contributed by atoms with Gasteiger partial charge in [-0.15, -0.1) is 0 Å². The van der Waals surface area contributed by atoms with Crippen LogP contribution in [0.25, 0.3) is 0 Å². The summed E-state index contributed by atoms with van der Waals surface area (Å²) in [4.78, 5) is 37.8. The van der Waals surface area contributed by atoms with E-state index in [2.05, 4.69) is 123 Å². The van der Waals surface area contributed by atoms with Crippen LogP contribution in [-0.2, 0) is 27.9 Å². The van der Waals surface area contributed by atoms with Crippen LogP contribution in [0, 0.1) is 0 Å². The fourth-order valence-corrected chi connectivity index (χ4v) is 9.76. The van der Waals surface area contributed by atoms with Gasteiger partial charge in [0.2, 0.25) is 5.91 Å². The number of carbonyl (C=O) groups is 2. The van der Waals surface area contributed by atoms with Gasteiger partial charge < -0.3 is 19.4 Å². The van der Waals surface area contributed by atoms with E-state index in [4.69, 9.17) is 13.8 Å². The van der Waals surface area contributed by atoms with Crippen molar-refractivity contribution in [3.63, 3.8) is 0 Å². The van der Waals surface area contributed by atoms with Crippen molar-refractivity contribution in [1.82, 2.24) is 5.32 Å². The van der Waals surface area contributed by atoms with Crippen molar-refractivity contribution in [2.75, 3.05) is 40.9 Å². The van der Waals surface area contributed by atoms with Crippen molar-refractivity contribution in [3.8, 4) is 0 Å². The minimum Gasteiger partial charge on any atom is -0.456 e. The molecule has 0 spiro atoms. The third-order valence-electron chi connectivity index (χ3n) is 14.2. The topological polar surface area (TPSA) is 111 Å². The molecule has 0 aliphatic carbocycles. The van der Waals surface area contributed by atoms with Crippen LogP contribution in [0.5, 0.6) is 0 Å². The molecule has 466 valence electrons. The van der Waals surface area contributed by atoms with Gasteiger partial charge in [0.25, 0.3) is 0 Å². The van der Waals surface area contributed by atoms with Crippen molar-refractivity contribution in [1.29, 1.82) is 0 Å². The molecule has 0 saturated carbocycles. The maximum atomic E-state index is 13.6. The van der Waals surface area contributed by atoms with Crippen LogP contribution in [0.4, 0.5) is 0 Å². The highest BCUT2D eigenvalue weighted by atomic mass is 31.2. The molecule has 0 aromatic rings. The summed E-state index contributed by atoms with van der Waals surface area (Å²) in [5.74, 6) is -0.542. The number of hydrogen-bond acceptors (Lipinski definition) is 6. The van der Waals surface area contributed by atoms with E-state index in [1.54, 1.807) is 0 Å². The largest absolute Gasteiger partial charge is 0.472 e. The van der Waals surface area contributed by atoms with Gasteiger partial charge in [-0.1, -0.05) is 252 Å². The minimum absolute atomic E-state index is 0.0288. The fraction of sp³-hybridized carbons (Fsp3) is 0.718. The van der Waals surface area contributed by atoms with Crippen LogP contribution in [0.2, 0.25) is 0 Å². The van der Waals surface area contributed by atoms with E-state index < -0.39 is 20.0 Å². The summed E-state index contributed by atoms with van der Waals surface area (Å²) < 4.78 is 30.7. The molecule has 0 rings (SSSR count). The first-order chi connectivity index (χ1) is 39.4. The number of rotatable bonds is 59. The summed E-state index contributed by atoms with van der Waals surface area (Å²) in [6.45, 7) is 6.93. The molecule has 0 bridgehead atoms. The molecule has 10 heteroatoms. The third kappa shape index (κ3) is 61.1. The zero-order valence-corrected chi connectivity index (χ0v) is 54.1. The Morgan fingerprint density at radius 1 is 0.432 bits per heavy atom. The quantitative estimate of drug-likeness (QED) is 0.0205. The molecule has 0 aliphatic rings. The van der Waals surface area contributed by atoms with Crippen LogP contribution >= 0.6 is 7.82 Å². The second-order valence-corrected chi connectivity index (χ2v) is 24.7. The number of allylic oxidation sites excluding steroid dienone is 17. The van der Waals surface area contributed by atoms with Crippen molar-refractivity contribution in [2.24, 2.45) is 0 Å². The number of quaternary nitrogens is 1. The Labute approximate surface area is 500 Å². The predicted octanol–water partition coefficient (Wildman–Crippen LogP) is 20.9. The first kappa shape index (κ1) is 77.7. The second kappa shape index (κ2) is 59.8. The van der Waals surface area contributed by atoms with Crippen molar-refractivity contribution >= 4 is 19.7 Å². The smallest absolute Gasteiger partial charge is 0.456 e. The highest BCUT2D eigenvalue weighted by molar-refractivity contribution is 7.47. The van der Waals surface area contributed by atoms with Crippen molar-refractivity contribution in [3.05, 3.63) is 109 Å². The van der Waals surface area contributed by atoms with Crippen LogP contribution in [0.3, 0.4) is 0 Å². The Morgan fingerprint density at radius 3 is 1.15 bits per heavy atom. The Bertz CT molecular complexity index is 1750. The van der Waals surface area contributed by atoms with E-state index in [1.807, 2.05) is 33.3 Å². The van der Waals surface area contributed by atoms with E-state index in [0.717, 1.165) is 128 Å². The molecule has 2 N–H and O–H groups in total. The van der Waals surface area contributed by atoms with Gasteiger partial charge in [0.05, 0.1) is 33.8 Å². The molecule has 81 heavy (non-hydrogen) atoms. The zero-order valence-electron chi connectivity index (χ0n) is 53.2. The van der Waals surface area contributed by atoms with Crippen LogP contribution in [0.15, 0.2) is 109 Å². The van der Waals surface area contributed by atoms with E-state index >= 15 is 0 Å². The molecule has 0 radical (unpaired) electrons. The first-order valence-electron chi connectivity index (χ1n) is 33.2. The van der Waals surface area contributed by atoms with E-state index in [-0.39, 0.29) is 31.5 Å². The number of ether oxygens (including phenoxy) is 1. The predicted molar refractivity (Wildman–Crippen MR) is 350 cm³/mol. The Kier molecular flexibility index (Phi) is 57.4. The highest BCUT2D eigenvalue weighted by Gasteiger charge is 2.30. The van der Waals surface area contributed by atoms with Gasteiger partial charge in [-0.2, -0.15) is 0 Å². The lowest BCUT2D eigenvalue weighted by atomic mass is 10.1. The number of phosphoric ester groups is 1. The third-order valence-corrected chi connectivity index (χ3v) is 15.2. The maximum absolute atomic E-state index is 13.6. The van der Waals surface area contributed by atoms with Gasteiger partial charge in [0.1, 0.15) is 19.3 Å². The average molecular weight is 1150 g/mol. The fourth-order valence-electron chi connectivity index (χ4n) is 9.02. The van der Waals surface area contributed by atoms with E-state index in [0.29, 0.717) is 17.4 Å². The molecule has 0 saturated heterocycles. The number of unbranched alkanes of at least 4 members (excludes halogenated alkanes) is 27. The molecule has 0 aliphatic heterocycles. The van der Waals surface area contributed by atoms with E-state index in [9.17, 15) is 19.0 Å². The number of hydrogen-bond donors (Lipinski definition) is 2. The summed E-state index contributed by atoms with van der Waals surface area (Å²) in [5, 5.41) is 3.05. The number of esters is 1. The molecule has 3 atom stereocenters. The summed E-state index contributed by atoms with van der Waals surface area (Å²) >= 11 is 0. The highest BCUT2D eigenvalue weighted by Crippen LogP contribution is 2.43. The zero-order chi connectivity index (χ0) is 59.3. The number of nitrogens with one attached hydrogen (secondary N) is 1. The summed E-state index contributed by atoms with van der Waals surface area (Å²) in [5.41, 5.74) is 0. The van der Waals surface area contributed by atoms with Gasteiger partial charge in [-0.25, -0.2) is 4.57 Å². The Hall–Kier alpha value is -3.33. The molecular weight excluding hydrogens is 1020 g/mol. The SMILES string of the molecule is CCCCC/C=C\C/C=C\C/C=C\C/C=C\CCCCCCCCCC(=O)OC(/C=C/CCCCCCCCCCC)C(COP(=O)(O)OCC[N+](C)(C)C)NC(=O)CCCCCCC/C=C\C/C=C\C/C=C\C/C=C\CCCCC. The molecule has 0 fully saturated rings. The summed E-state index contributed by atoms with van der Waals surface area (Å²) in [6.07, 6.45) is 82.3. The van der Waals surface area contributed by atoms with Gasteiger partial charge >= 0.3 is 13.8 Å². The second-order valence-electron chi connectivity index (χ2n) is 23.3. The Morgan fingerprint density at radius 2 is 0.753 bits per heavy atom. The van der Waals surface area contributed by atoms with Gasteiger partial charge in [0, 0.05) is 12.8 Å². The Balaban J connectivity index is 5.21. The maximum Gasteiger partial charge on any atom is 0.472 e. The number of amides is 1. The molecule has 9 nitrogen and oxygen atoms in total. The van der Waals surface area contributed by atoms with Gasteiger partial charge in [-0.05, 0) is 122 Å². The number of likely N-dealkylation sites (N-methyl/N-ethyl adjacent to an activating group) is 1. The lowest BCUT2D eigenvalue weighted by Crippen LogP contribution is -2.47. The minimum atomic E-state index is -4.47. The van der Waals surface area contributed by atoms with Crippen molar-refractivity contribution < 1.29 is 37.3 Å². The average Bonchev–Trinajstić information content (AvgIpc) is 3.44.